The Hall–Kier alpha value is -4.44. The first-order valence-corrected chi connectivity index (χ1v) is 18.7. The predicted octanol–water partition coefficient (Wildman–Crippen LogP) is 3.09. The van der Waals surface area contributed by atoms with Crippen molar-refractivity contribution >= 4 is 60.8 Å². The monoisotopic (exact) mass is 767 g/mol. The molecule has 1 aromatic heterocycles. The van der Waals surface area contributed by atoms with Crippen LogP contribution in [0.2, 0.25) is 0 Å². The number of hydrogen-bond acceptors (Lipinski definition) is 8. The Morgan fingerprint density at radius 2 is 1.37 bits per heavy atom. The molecule has 0 aliphatic heterocycles. The number of halogens is 1. The molecule has 0 spiro atoms. The molecule has 0 fully saturated rings. The molecule has 0 aliphatic carbocycles. The number of nitrogens with zero attached hydrogens (tertiary/aromatic N) is 2. The molecule has 1 heterocycles. The normalized spacial score (nSPS) is 13.1. The average Bonchev–Trinajstić information content (AvgIpc) is 3.62. The van der Waals surface area contributed by atoms with Crippen LogP contribution in [-0.4, -0.2) is 61.6 Å². The maximum absolute atomic E-state index is 14.0. The third-order valence-corrected chi connectivity index (χ3v) is 10.0. The van der Waals surface area contributed by atoms with Gasteiger partial charge in [0.1, 0.15) is 12.1 Å². The molecule has 2 amide bonds. The highest BCUT2D eigenvalue weighted by molar-refractivity contribution is 9.10. The van der Waals surface area contributed by atoms with E-state index in [9.17, 15) is 22.8 Å². The Labute approximate surface area is 298 Å². The van der Waals surface area contributed by atoms with E-state index in [1.54, 1.807) is 84.2 Å². The molecule has 0 bridgehead atoms. The number of carbonyl (C=O) groups is 3. The van der Waals surface area contributed by atoms with Crippen molar-refractivity contribution in [3.63, 3.8) is 0 Å². The Bertz CT molecular complexity index is 1800. The number of sulfonamides is 1. The second-order valence-corrected chi connectivity index (χ2v) is 14.8. The van der Waals surface area contributed by atoms with Gasteiger partial charge in [-0.2, -0.15) is 0 Å². The number of nitrogens with two attached hydrogens (primary N) is 2. The van der Waals surface area contributed by atoms with Gasteiger partial charge < -0.3 is 22.1 Å². The Balaban J connectivity index is 1.60. The van der Waals surface area contributed by atoms with Gasteiger partial charge in [-0.1, -0.05) is 88.7 Å². The summed E-state index contributed by atoms with van der Waals surface area (Å²) in [6.45, 7) is 0.239. The lowest BCUT2D eigenvalue weighted by molar-refractivity contribution is -0.130. The zero-order valence-corrected chi connectivity index (χ0v) is 29.7. The number of nitrogens with one attached hydrogen (secondary N) is 3. The Morgan fingerprint density at radius 1 is 0.796 bits per heavy atom. The van der Waals surface area contributed by atoms with Crippen LogP contribution < -0.4 is 26.8 Å². The fourth-order valence-corrected chi connectivity index (χ4v) is 7.20. The molecule has 3 atom stereocenters. The fourth-order valence-electron chi connectivity index (χ4n) is 4.97. The zero-order valence-electron chi connectivity index (χ0n) is 26.5. The average molecular weight is 769 g/mol. The molecule has 0 radical (unpaired) electrons. The summed E-state index contributed by atoms with van der Waals surface area (Å²) in [5.41, 5.74) is 12.9. The summed E-state index contributed by atoms with van der Waals surface area (Å²) in [6.07, 6.45) is 2.18. The predicted molar refractivity (Wildman–Crippen MR) is 194 cm³/mol. The summed E-state index contributed by atoms with van der Waals surface area (Å²) >= 11 is 4.55. The van der Waals surface area contributed by atoms with Crippen molar-refractivity contribution in [2.45, 2.75) is 49.6 Å². The first-order valence-electron chi connectivity index (χ1n) is 15.4. The van der Waals surface area contributed by atoms with Crippen molar-refractivity contribution in [1.82, 2.24) is 20.3 Å². The van der Waals surface area contributed by atoms with Gasteiger partial charge >= 0.3 is 0 Å². The van der Waals surface area contributed by atoms with Crippen LogP contribution in [0.15, 0.2) is 106 Å². The number of hydrogen-bond donors (Lipinski definition) is 5. The second kappa shape index (κ2) is 18.4. The number of amides is 2. The van der Waals surface area contributed by atoms with Crippen molar-refractivity contribution in [2.24, 2.45) is 16.5 Å². The van der Waals surface area contributed by atoms with Crippen molar-refractivity contribution in [3.8, 4) is 0 Å². The molecule has 49 heavy (non-hydrogen) atoms. The highest BCUT2D eigenvalue weighted by Gasteiger charge is 2.32. The molecule has 4 aromatic rings. The number of carbonyl (C=O) groups excluding carboxylic acids is 3. The van der Waals surface area contributed by atoms with Crippen molar-refractivity contribution in [2.75, 3.05) is 6.54 Å². The topological polar surface area (TPSA) is 199 Å². The van der Waals surface area contributed by atoms with E-state index in [-0.39, 0.29) is 42.5 Å². The van der Waals surface area contributed by atoms with Gasteiger partial charge in [0.25, 0.3) is 0 Å². The van der Waals surface area contributed by atoms with Crippen LogP contribution in [0, 0.1) is 0 Å². The molecule has 4 rings (SSSR count). The summed E-state index contributed by atoms with van der Waals surface area (Å²) < 4.78 is 30.0. The molecule has 0 saturated carbocycles. The molecule has 15 heteroatoms. The molecule has 12 nitrogen and oxygen atoms in total. The smallest absolute Gasteiger partial charge is 0.243 e. The van der Waals surface area contributed by atoms with Gasteiger partial charge in [0.05, 0.1) is 11.8 Å². The molecule has 0 aliphatic rings. The van der Waals surface area contributed by atoms with Gasteiger partial charge in [-0.05, 0) is 48.1 Å². The molecule has 0 unspecified atom stereocenters. The first kappa shape index (κ1) is 37.4. The maximum Gasteiger partial charge on any atom is 0.243 e. The summed E-state index contributed by atoms with van der Waals surface area (Å²) in [5.74, 6) is -2.15. The standard InChI is InChI=1S/C34H38BrN7O5S2/c35-26-15-13-24(14-16-26)20-28(31(44)40-27(12-7-17-39-34(36)37)30(43)33-38-18-19-48-33)41-32(45)29(21-23-8-3-1-4-9-23)42-49(46,47)22-25-10-5-2-6-11-25/h1-6,8-11,13-16,18-19,27-29,42H,7,12,17,20-22H2,(H,40,44)(H,41,45)(H4,36,37,39)/t27-,28-,29+/m0/s1. The van der Waals surface area contributed by atoms with Gasteiger partial charge in [-0.3, -0.25) is 19.4 Å². The number of ketones is 1. The Kier molecular flexibility index (Phi) is 14.0. The minimum Gasteiger partial charge on any atom is -0.370 e. The largest absolute Gasteiger partial charge is 0.370 e. The number of rotatable bonds is 18. The van der Waals surface area contributed by atoms with E-state index in [2.05, 4.69) is 41.3 Å². The highest BCUT2D eigenvalue weighted by atomic mass is 79.9. The number of aliphatic imine (C=N–C) groups is 1. The third-order valence-electron chi connectivity index (χ3n) is 7.33. The van der Waals surface area contributed by atoms with Crippen LogP contribution in [0.3, 0.4) is 0 Å². The van der Waals surface area contributed by atoms with E-state index in [1.807, 2.05) is 6.07 Å². The van der Waals surface area contributed by atoms with E-state index in [0.29, 0.717) is 17.5 Å². The summed E-state index contributed by atoms with van der Waals surface area (Å²) in [6, 6.07) is 21.4. The second-order valence-electron chi connectivity index (χ2n) is 11.2. The van der Waals surface area contributed by atoms with E-state index in [0.717, 1.165) is 21.4 Å². The summed E-state index contributed by atoms with van der Waals surface area (Å²) in [5, 5.41) is 7.46. The number of Topliss-reactive ketones (excluding diaryl/α,β-unsaturated/α-hetero) is 1. The van der Waals surface area contributed by atoms with Gasteiger partial charge in [0, 0.05) is 29.0 Å². The molecular formula is C34H38BrN7O5S2. The van der Waals surface area contributed by atoms with Crippen LogP contribution in [0.4, 0.5) is 0 Å². The number of thiazole rings is 1. The van der Waals surface area contributed by atoms with E-state index in [1.165, 1.54) is 6.20 Å². The van der Waals surface area contributed by atoms with Crippen LogP contribution >= 0.6 is 27.3 Å². The number of benzene rings is 3. The minimum atomic E-state index is -3.99. The van der Waals surface area contributed by atoms with Gasteiger partial charge in [-0.25, -0.2) is 18.1 Å². The fraction of sp³-hybridized carbons (Fsp3) is 0.265. The van der Waals surface area contributed by atoms with E-state index >= 15 is 0 Å². The summed E-state index contributed by atoms with van der Waals surface area (Å²) in [4.78, 5) is 49.4. The lowest BCUT2D eigenvalue weighted by Crippen LogP contribution is -2.57. The highest BCUT2D eigenvalue weighted by Crippen LogP contribution is 2.15. The molecule has 0 saturated heterocycles. The molecule has 3 aromatic carbocycles. The molecular weight excluding hydrogens is 730 g/mol. The van der Waals surface area contributed by atoms with Gasteiger partial charge in [-0.15, -0.1) is 11.3 Å². The first-order chi connectivity index (χ1) is 23.5. The van der Waals surface area contributed by atoms with Crippen molar-refractivity contribution < 1.29 is 22.8 Å². The van der Waals surface area contributed by atoms with Gasteiger partial charge in [0.2, 0.25) is 27.6 Å². The van der Waals surface area contributed by atoms with Crippen LogP contribution in [0.25, 0.3) is 0 Å². The molecule has 258 valence electrons. The van der Waals surface area contributed by atoms with E-state index < -0.39 is 45.7 Å². The van der Waals surface area contributed by atoms with Gasteiger partial charge in [0.15, 0.2) is 11.0 Å². The van der Waals surface area contributed by atoms with Crippen molar-refractivity contribution in [1.29, 1.82) is 0 Å². The Morgan fingerprint density at radius 3 is 1.98 bits per heavy atom. The quantitative estimate of drug-likeness (QED) is 0.0440. The maximum atomic E-state index is 14.0. The van der Waals surface area contributed by atoms with E-state index in [4.69, 9.17) is 11.5 Å². The zero-order chi connectivity index (χ0) is 35.2. The summed E-state index contributed by atoms with van der Waals surface area (Å²) in [7, 11) is -3.99. The molecule has 7 N–H and O–H groups in total. The van der Waals surface area contributed by atoms with Crippen LogP contribution in [-0.2, 0) is 38.2 Å². The van der Waals surface area contributed by atoms with Crippen LogP contribution in [0.1, 0.15) is 39.3 Å². The lowest BCUT2D eigenvalue weighted by atomic mass is 10.0. The minimum absolute atomic E-state index is 0.0310. The van der Waals surface area contributed by atoms with Crippen LogP contribution in [0.5, 0.6) is 0 Å². The SMILES string of the molecule is NC(N)=NCCC[C@H](NC(=O)[C@H](Cc1ccc(Br)cc1)NC(=O)[C@@H](Cc1ccccc1)NS(=O)(=O)Cc1ccccc1)C(=O)c1nccs1. The number of aromatic nitrogens is 1. The third kappa shape index (κ3) is 12.5. The lowest BCUT2D eigenvalue weighted by Gasteiger charge is -2.25. The number of guanidine groups is 1. The van der Waals surface area contributed by atoms with Crippen molar-refractivity contribution in [3.05, 3.63) is 123 Å².